The van der Waals surface area contributed by atoms with Crippen LogP contribution in [0, 0.1) is 17.3 Å². The number of aliphatic hydroxyl groups is 1. The zero-order valence-corrected chi connectivity index (χ0v) is 11.7. The predicted octanol–water partition coefficient (Wildman–Crippen LogP) is 2.72. The van der Waals surface area contributed by atoms with Gasteiger partial charge in [0.2, 0.25) is 0 Å². The van der Waals surface area contributed by atoms with Crippen LogP contribution in [0.3, 0.4) is 0 Å². The molecule has 3 nitrogen and oxygen atoms in total. The maximum Gasteiger partial charge on any atom is 0.168 e. The number of hydrogen-bond acceptors (Lipinski definition) is 3. The van der Waals surface area contributed by atoms with Crippen molar-refractivity contribution in [2.45, 2.75) is 64.3 Å². The minimum atomic E-state index is -0.316. The Morgan fingerprint density at radius 3 is 2.50 bits per heavy atom. The summed E-state index contributed by atoms with van der Waals surface area (Å²) in [4.78, 5) is 0. The Labute approximate surface area is 110 Å². The maximum absolute atomic E-state index is 10.4. The van der Waals surface area contributed by atoms with E-state index in [0.717, 1.165) is 45.3 Å². The third-order valence-electron chi connectivity index (χ3n) is 5.15. The summed E-state index contributed by atoms with van der Waals surface area (Å²) in [5.74, 6) is 0.696. The van der Waals surface area contributed by atoms with Crippen LogP contribution < -0.4 is 0 Å². The lowest BCUT2D eigenvalue weighted by molar-refractivity contribution is -0.185. The number of aliphatic hydroxyl groups excluding tert-OH is 1. The molecule has 1 spiro atoms. The van der Waals surface area contributed by atoms with Gasteiger partial charge in [0.1, 0.15) is 0 Å². The second kappa shape index (κ2) is 4.46. The molecule has 1 heterocycles. The molecule has 3 aliphatic rings. The van der Waals surface area contributed by atoms with Gasteiger partial charge in [0, 0.05) is 12.8 Å². The van der Waals surface area contributed by atoms with Gasteiger partial charge in [0.05, 0.1) is 19.3 Å². The third kappa shape index (κ3) is 2.33. The molecule has 3 fully saturated rings. The van der Waals surface area contributed by atoms with E-state index in [9.17, 15) is 5.11 Å². The highest BCUT2D eigenvalue weighted by atomic mass is 16.7. The van der Waals surface area contributed by atoms with Crippen molar-refractivity contribution in [1.82, 2.24) is 0 Å². The van der Waals surface area contributed by atoms with Crippen molar-refractivity contribution in [1.29, 1.82) is 0 Å². The quantitative estimate of drug-likeness (QED) is 0.722. The molecule has 0 unspecified atom stereocenters. The van der Waals surface area contributed by atoms with E-state index in [1.54, 1.807) is 0 Å². The zero-order chi connectivity index (χ0) is 12.8. The van der Waals surface area contributed by atoms with Crippen molar-refractivity contribution in [3.8, 4) is 0 Å². The van der Waals surface area contributed by atoms with E-state index in [1.807, 2.05) is 0 Å². The highest BCUT2D eigenvalue weighted by molar-refractivity contribution is 4.96. The third-order valence-corrected chi connectivity index (χ3v) is 5.15. The first-order chi connectivity index (χ1) is 8.50. The standard InChI is InChI=1S/C15H26O3/c1-14(2)8-11-9-15(17-6-7-18-15)5-3-4-13(16)12(11)10-14/h11-13,16H,3-10H2,1-2H3/t11-,12-,13-/m1/s1. The molecule has 0 aromatic heterocycles. The van der Waals surface area contributed by atoms with Crippen LogP contribution in [0.2, 0.25) is 0 Å². The molecule has 2 saturated carbocycles. The molecule has 3 rings (SSSR count). The van der Waals surface area contributed by atoms with E-state index in [0.29, 0.717) is 17.3 Å². The van der Waals surface area contributed by atoms with E-state index < -0.39 is 0 Å². The van der Waals surface area contributed by atoms with Gasteiger partial charge < -0.3 is 14.6 Å². The summed E-state index contributed by atoms with van der Waals surface area (Å²) >= 11 is 0. The Hall–Kier alpha value is -0.120. The second-order valence-corrected chi connectivity index (χ2v) is 7.27. The lowest BCUT2D eigenvalue weighted by atomic mass is 9.80. The summed E-state index contributed by atoms with van der Waals surface area (Å²) < 4.78 is 11.8. The largest absolute Gasteiger partial charge is 0.393 e. The molecule has 0 radical (unpaired) electrons. The first-order valence-electron chi connectivity index (χ1n) is 7.46. The first kappa shape index (κ1) is 12.9. The van der Waals surface area contributed by atoms with E-state index in [4.69, 9.17) is 9.47 Å². The predicted molar refractivity (Wildman–Crippen MR) is 69.1 cm³/mol. The summed E-state index contributed by atoms with van der Waals surface area (Å²) in [6, 6.07) is 0. The SMILES string of the molecule is CC1(C)C[C@@H]2CC3(CCC[C@@H](O)[C@@H]2C1)OCCO3. The van der Waals surface area contributed by atoms with Gasteiger partial charge in [-0.25, -0.2) is 0 Å². The Kier molecular flexibility index (Phi) is 3.20. The fourth-order valence-corrected chi connectivity index (χ4v) is 4.48. The Bertz CT molecular complexity index is 307. The minimum absolute atomic E-state index is 0.115. The van der Waals surface area contributed by atoms with Gasteiger partial charge in [-0.1, -0.05) is 13.8 Å². The van der Waals surface area contributed by atoms with Gasteiger partial charge in [0.25, 0.3) is 0 Å². The van der Waals surface area contributed by atoms with Crippen molar-refractivity contribution < 1.29 is 14.6 Å². The molecule has 104 valence electrons. The molecule has 1 N–H and O–H groups in total. The molecule has 1 aliphatic heterocycles. The summed E-state index contributed by atoms with van der Waals surface area (Å²) in [5, 5.41) is 10.4. The molecule has 3 heteroatoms. The fourth-order valence-electron chi connectivity index (χ4n) is 4.48. The van der Waals surface area contributed by atoms with E-state index in [-0.39, 0.29) is 11.9 Å². The smallest absolute Gasteiger partial charge is 0.168 e. The number of fused-ring (bicyclic) bond motifs is 1. The van der Waals surface area contributed by atoms with Gasteiger partial charge in [-0.15, -0.1) is 0 Å². The van der Waals surface area contributed by atoms with Crippen molar-refractivity contribution in [3.63, 3.8) is 0 Å². The molecule has 0 bridgehead atoms. The molecule has 18 heavy (non-hydrogen) atoms. The van der Waals surface area contributed by atoms with E-state index >= 15 is 0 Å². The van der Waals surface area contributed by atoms with Gasteiger partial charge in [0.15, 0.2) is 5.79 Å². The summed E-state index contributed by atoms with van der Waals surface area (Å²) in [7, 11) is 0. The van der Waals surface area contributed by atoms with Crippen LogP contribution in [0.5, 0.6) is 0 Å². The van der Waals surface area contributed by atoms with E-state index in [1.165, 1.54) is 6.42 Å². The van der Waals surface area contributed by atoms with Crippen LogP contribution in [0.4, 0.5) is 0 Å². The van der Waals surface area contributed by atoms with Crippen LogP contribution in [-0.2, 0) is 9.47 Å². The number of hydrogen-bond donors (Lipinski definition) is 1. The Morgan fingerprint density at radius 1 is 1.06 bits per heavy atom. The van der Waals surface area contributed by atoms with Gasteiger partial charge >= 0.3 is 0 Å². The van der Waals surface area contributed by atoms with Crippen molar-refractivity contribution in [2.24, 2.45) is 17.3 Å². The van der Waals surface area contributed by atoms with Crippen LogP contribution in [0.1, 0.15) is 52.4 Å². The normalized spacial score (nSPS) is 42.5. The van der Waals surface area contributed by atoms with Crippen molar-refractivity contribution >= 4 is 0 Å². The molecule has 0 amide bonds. The van der Waals surface area contributed by atoms with Crippen molar-refractivity contribution in [2.75, 3.05) is 13.2 Å². The molecule has 0 aromatic rings. The first-order valence-corrected chi connectivity index (χ1v) is 7.46. The van der Waals surface area contributed by atoms with Crippen LogP contribution in [0.25, 0.3) is 0 Å². The number of rotatable bonds is 0. The Balaban J connectivity index is 1.80. The van der Waals surface area contributed by atoms with Gasteiger partial charge in [-0.05, 0) is 42.9 Å². The molecule has 3 atom stereocenters. The number of ether oxygens (including phenoxy) is 2. The van der Waals surface area contributed by atoms with Gasteiger partial charge in [-0.3, -0.25) is 0 Å². The highest BCUT2D eigenvalue weighted by Crippen LogP contribution is 2.52. The second-order valence-electron chi connectivity index (χ2n) is 7.27. The lowest BCUT2D eigenvalue weighted by Gasteiger charge is -2.36. The summed E-state index contributed by atoms with van der Waals surface area (Å²) in [6.07, 6.45) is 6.09. The molecular formula is C15H26O3. The lowest BCUT2D eigenvalue weighted by Crippen LogP contribution is -2.38. The van der Waals surface area contributed by atoms with Crippen LogP contribution in [0.15, 0.2) is 0 Å². The minimum Gasteiger partial charge on any atom is -0.393 e. The molecular weight excluding hydrogens is 228 g/mol. The topological polar surface area (TPSA) is 38.7 Å². The zero-order valence-electron chi connectivity index (χ0n) is 11.7. The van der Waals surface area contributed by atoms with Crippen LogP contribution in [-0.4, -0.2) is 30.2 Å². The average Bonchev–Trinajstić information content (AvgIpc) is 2.83. The van der Waals surface area contributed by atoms with Crippen LogP contribution >= 0.6 is 0 Å². The maximum atomic E-state index is 10.4. The summed E-state index contributed by atoms with van der Waals surface area (Å²) in [6.45, 7) is 6.13. The van der Waals surface area contributed by atoms with Gasteiger partial charge in [-0.2, -0.15) is 0 Å². The monoisotopic (exact) mass is 254 g/mol. The molecule has 1 saturated heterocycles. The summed E-state index contributed by atoms with van der Waals surface area (Å²) in [5.41, 5.74) is 0.362. The molecule has 2 aliphatic carbocycles. The van der Waals surface area contributed by atoms with Crippen molar-refractivity contribution in [3.05, 3.63) is 0 Å². The highest BCUT2D eigenvalue weighted by Gasteiger charge is 2.49. The molecule has 0 aromatic carbocycles. The van der Waals surface area contributed by atoms with E-state index in [2.05, 4.69) is 13.8 Å². The average molecular weight is 254 g/mol. The Morgan fingerprint density at radius 2 is 1.78 bits per heavy atom. The fraction of sp³-hybridized carbons (Fsp3) is 1.00.